The molecule has 0 spiro atoms. The standard InChI is InChI=1S/C21H24ClN3O/c1-14-7-8-15(13-17(14)22)20(26-16-9-11-25(2)12-10-16)21-23-18-5-3-4-6-19(18)24-21/h3-8,13,16,20H,9-12H2,1-2H3,(H,23,24). The Morgan fingerprint density at radius 3 is 2.69 bits per heavy atom. The maximum atomic E-state index is 6.56. The van der Waals surface area contributed by atoms with Gasteiger partial charge in [0.15, 0.2) is 0 Å². The van der Waals surface area contributed by atoms with Gasteiger partial charge < -0.3 is 14.6 Å². The van der Waals surface area contributed by atoms with Crippen LogP contribution in [0.4, 0.5) is 0 Å². The average Bonchev–Trinajstić information content (AvgIpc) is 3.07. The van der Waals surface area contributed by atoms with Crippen LogP contribution in [-0.2, 0) is 4.74 Å². The fourth-order valence-corrected chi connectivity index (χ4v) is 3.67. The molecule has 1 aliphatic heterocycles. The Balaban J connectivity index is 1.69. The highest BCUT2D eigenvalue weighted by molar-refractivity contribution is 6.31. The van der Waals surface area contributed by atoms with Gasteiger partial charge in [-0.25, -0.2) is 4.98 Å². The van der Waals surface area contributed by atoms with Crippen molar-refractivity contribution in [3.8, 4) is 0 Å². The van der Waals surface area contributed by atoms with Gasteiger partial charge in [0.25, 0.3) is 0 Å². The van der Waals surface area contributed by atoms with E-state index in [9.17, 15) is 0 Å². The molecule has 1 atom stereocenters. The van der Waals surface area contributed by atoms with E-state index in [2.05, 4.69) is 23.0 Å². The van der Waals surface area contributed by atoms with Crippen LogP contribution in [0.1, 0.15) is 35.9 Å². The molecule has 0 saturated carbocycles. The molecule has 1 unspecified atom stereocenters. The second-order valence-electron chi connectivity index (χ2n) is 7.17. The summed E-state index contributed by atoms with van der Waals surface area (Å²) in [5.41, 5.74) is 4.09. The summed E-state index contributed by atoms with van der Waals surface area (Å²) in [5.74, 6) is 0.838. The van der Waals surface area contributed by atoms with Gasteiger partial charge in [-0.1, -0.05) is 35.9 Å². The molecule has 0 radical (unpaired) electrons. The largest absolute Gasteiger partial charge is 0.362 e. The Morgan fingerprint density at radius 1 is 1.19 bits per heavy atom. The lowest BCUT2D eigenvalue weighted by Gasteiger charge is -2.31. The molecular weight excluding hydrogens is 346 g/mol. The Morgan fingerprint density at radius 2 is 1.96 bits per heavy atom. The number of nitrogens with one attached hydrogen (secondary N) is 1. The molecule has 0 aliphatic carbocycles. The average molecular weight is 370 g/mol. The highest BCUT2D eigenvalue weighted by Gasteiger charge is 2.26. The number of hydrogen-bond donors (Lipinski definition) is 1. The SMILES string of the molecule is Cc1ccc(C(OC2CCN(C)CC2)c2nc3ccccc3[nH]2)cc1Cl. The number of benzene rings is 2. The van der Waals surface area contributed by atoms with Crippen molar-refractivity contribution in [3.05, 3.63) is 64.4 Å². The minimum absolute atomic E-state index is 0.226. The molecule has 1 N–H and O–H groups in total. The molecule has 1 aliphatic rings. The molecule has 1 saturated heterocycles. The maximum Gasteiger partial charge on any atom is 0.141 e. The molecule has 0 bridgehead atoms. The molecule has 3 aromatic rings. The number of fused-ring (bicyclic) bond motifs is 1. The van der Waals surface area contributed by atoms with Crippen molar-refractivity contribution in [1.82, 2.24) is 14.9 Å². The summed E-state index contributed by atoms with van der Waals surface area (Å²) in [7, 11) is 2.16. The number of ether oxygens (including phenoxy) is 1. The van der Waals surface area contributed by atoms with Crippen molar-refractivity contribution in [2.24, 2.45) is 0 Å². The first-order chi connectivity index (χ1) is 12.6. The predicted molar refractivity (Wildman–Crippen MR) is 106 cm³/mol. The number of imidazole rings is 1. The fraction of sp³-hybridized carbons (Fsp3) is 0.381. The van der Waals surface area contributed by atoms with Crippen molar-refractivity contribution in [1.29, 1.82) is 0 Å². The second-order valence-corrected chi connectivity index (χ2v) is 7.57. The van der Waals surface area contributed by atoms with Crippen molar-refractivity contribution in [2.75, 3.05) is 20.1 Å². The normalized spacial score (nSPS) is 17.7. The van der Waals surface area contributed by atoms with Gasteiger partial charge in [0, 0.05) is 18.1 Å². The molecule has 1 fully saturated rings. The third kappa shape index (κ3) is 3.63. The first kappa shape index (κ1) is 17.5. The molecule has 4 nitrogen and oxygen atoms in total. The van der Waals surface area contributed by atoms with E-state index in [1.165, 1.54) is 0 Å². The van der Waals surface area contributed by atoms with Gasteiger partial charge in [0.1, 0.15) is 11.9 Å². The number of aryl methyl sites for hydroxylation is 1. The number of halogens is 1. The number of piperidine rings is 1. The number of aromatic nitrogens is 2. The van der Waals surface area contributed by atoms with Gasteiger partial charge in [-0.2, -0.15) is 0 Å². The highest BCUT2D eigenvalue weighted by atomic mass is 35.5. The number of aromatic amines is 1. The molecular formula is C21H24ClN3O. The van der Waals surface area contributed by atoms with Crippen LogP contribution in [0.15, 0.2) is 42.5 Å². The Kier molecular flexibility index (Phi) is 4.98. The summed E-state index contributed by atoms with van der Waals surface area (Å²) in [6, 6.07) is 14.2. The van der Waals surface area contributed by atoms with E-state index in [-0.39, 0.29) is 12.2 Å². The number of likely N-dealkylation sites (tertiary alicyclic amines) is 1. The number of rotatable bonds is 4. The summed E-state index contributed by atoms with van der Waals surface area (Å²) >= 11 is 6.39. The van der Waals surface area contributed by atoms with E-state index in [0.29, 0.717) is 0 Å². The van der Waals surface area contributed by atoms with Crippen LogP contribution in [0.5, 0.6) is 0 Å². The lowest BCUT2D eigenvalue weighted by Crippen LogP contribution is -2.35. The Hall–Kier alpha value is -1.88. The van der Waals surface area contributed by atoms with Gasteiger partial charge in [0.05, 0.1) is 17.1 Å². The number of H-pyrrole nitrogens is 1. The molecule has 5 heteroatoms. The highest BCUT2D eigenvalue weighted by Crippen LogP contribution is 2.32. The van der Waals surface area contributed by atoms with Crippen molar-refractivity contribution < 1.29 is 4.74 Å². The van der Waals surface area contributed by atoms with Crippen molar-refractivity contribution in [3.63, 3.8) is 0 Å². The van der Waals surface area contributed by atoms with Gasteiger partial charge in [-0.15, -0.1) is 0 Å². The summed E-state index contributed by atoms with van der Waals surface area (Å²) in [4.78, 5) is 10.6. The summed E-state index contributed by atoms with van der Waals surface area (Å²) in [5, 5.41) is 0.760. The molecule has 1 aromatic heterocycles. The first-order valence-corrected chi connectivity index (χ1v) is 9.52. The Bertz CT molecular complexity index is 866. The molecule has 2 aromatic carbocycles. The topological polar surface area (TPSA) is 41.1 Å². The van der Waals surface area contributed by atoms with E-state index in [4.69, 9.17) is 21.3 Å². The van der Waals surface area contributed by atoms with Crippen LogP contribution < -0.4 is 0 Å². The molecule has 2 heterocycles. The minimum Gasteiger partial charge on any atom is -0.362 e. The molecule has 4 rings (SSSR count). The second kappa shape index (κ2) is 7.39. The smallest absolute Gasteiger partial charge is 0.141 e. The van der Waals surface area contributed by atoms with E-state index in [1.54, 1.807) is 0 Å². The number of hydrogen-bond acceptors (Lipinski definition) is 3. The van der Waals surface area contributed by atoms with Crippen LogP contribution in [0.25, 0.3) is 11.0 Å². The van der Waals surface area contributed by atoms with Crippen molar-refractivity contribution >= 4 is 22.6 Å². The van der Waals surface area contributed by atoms with E-state index < -0.39 is 0 Å². The predicted octanol–water partition coefficient (Wildman–Crippen LogP) is 4.72. The van der Waals surface area contributed by atoms with E-state index in [1.807, 2.05) is 43.3 Å². The van der Waals surface area contributed by atoms with Crippen LogP contribution in [0, 0.1) is 6.92 Å². The summed E-state index contributed by atoms with van der Waals surface area (Å²) in [6.07, 6.45) is 2.05. The van der Waals surface area contributed by atoms with E-state index >= 15 is 0 Å². The fourth-order valence-electron chi connectivity index (χ4n) is 3.48. The van der Waals surface area contributed by atoms with Crippen molar-refractivity contribution in [2.45, 2.75) is 32.0 Å². The number of nitrogens with zero attached hydrogens (tertiary/aromatic N) is 2. The summed E-state index contributed by atoms with van der Waals surface area (Å²) < 4.78 is 6.56. The van der Waals surface area contributed by atoms with Gasteiger partial charge in [0.2, 0.25) is 0 Å². The molecule has 26 heavy (non-hydrogen) atoms. The van der Waals surface area contributed by atoms with Crippen LogP contribution in [0.2, 0.25) is 5.02 Å². The first-order valence-electron chi connectivity index (χ1n) is 9.15. The lowest BCUT2D eigenvalue weighted by molar-refractivity contribution is -0.0264. The Labute approximate surface area is 159 Å². The quantitative estimate of drug-likeness (QED) is 0.723. The monoisotopic (exact) mass is 369 g/mol. The van der Waals surface area contributed by atoms with E-state index in [0.717, 1.165) is 58.9 Å². The minimum atomic E-state index is -0.242. The maximum absolute atomic E-state index is 6.56. The molecule has 0 amide bonds. The van der Waals surface area contributed by atoms with Crippen LogP contribution in [0.3, 0.4) is 0 Å². The van der Waals surface area contributed by atoms with Gasteiger partial charge in [-0.3, -0.25) is 0 Å². The van der Waals surface area contributed by atoms with Crippen LogP contribution >= 0.6 is 11.6 Å². The summed E-state index contributed by atoms with van der Waals surface area (Å²) in [6.45, 7) is 4.14. The third-order valence-electron chi connectivity index (χ3n) is 5.15. The zero-order chi connectivity index (χ0) is 18.1. The molecule has 136 valence electrons. The number of para-hydroxylation sites is 2. The van der Waals surface area contributed by atoms with Gasteiger partial charge in [-0.05, 0) is 56.1 Å². The lowest BCUT2D eigenvalue weighted by atomic mass is 10.0. The zero-order valence-electron chi connectivity index (χ0n) is 15.2. The van der Waals surface area contributed by atoms with Gasteiger partial charge >= 0.3 is 0 Å². The van der Waals surface area contributed by atoms with Crippen LogP contribution in [-0.4, -0.2) is 41.1 Å². The third-order valence-corrected chi connectivity index (χ3v) is 5.56. The zero-order valence-corrected chi connectivity index (χ0v) is 16.0.